The highest BCUT2D eigenvalue weighted by atomic mass is 35.5. The summed E-state index contributed by atoms with van der Waals surface area (Å²) in [6.45, 7) is 1.01. The van der Waals surface area contributed by atoms with Crippen molar-refractivity contribution in [2.45, 2.75) is 32.0 Å². The summed E-state index contributed by atoms with van der Waals surface area (Å²) < 4.78 is 7.73. The van der Waals surface area contributed by atoms with Crippen molar-refractivity contribution in [2.75, 3.05) is 11.9 Å². The number of hydrogen-bond donors (Lipinski definition) is 1. The number of anilines is 1. The van der Waals surface area contributed by atoms with Crippen molar-refractivity contribution in [1.29, 1.82) is 0 Å². The molecule has 1 N–H and O–H groups in total. The topological polar surface area (TPSA) is 108 Å². The van der Waals surface area contributed by atoms with Gasteiger partial charge in [0.15, 0.2) is 17.0 Å². The van der Waals surface area contributed by atoms with Gasteiger partial charge in [-0.1, -0.05) is 11.6 Å². The van der Waals surface area contributed by atoms with Crippen LogP contribution >= 0.6 is 11.6 Å². The second-order valence-electron chi connectivity index (χ2n) is 6.25. The second kappa shape index (κ2) is 7.45. The number of non-ortho nitro benzene ring substituents is 1. The standard InChI is InChI=1S/C17H17ClN6O3/c18-13-5-4-12(24(25)26)7-11(13)8-19-16-15-17(21-9-20-16)23(10-22-15)14-3-1-2-6-27-14/h4-5,7,9-10,14H,1-3,6,8H2,(H,19,20,21). The van der Waals surface area contributed by atoms with Crippen LogP contribution in [0.5, 0.6) is 0 Å². The number of imidazole rings is 1. The van der Waals surface area contributed by atoms with Gasteiger partial charge in [0.25, 0.3) is 5.69 Å². The van der Waals surface area contributed by atoms with E-state index in [1.807, 2.05) is 4.57 Å². The van der Waals surface area contributed by atoms with E-state index in [0.717, 1.165) is 25.9 Å². The van der Waals surface area contributed by atoms with Crippen LogP contribution in [0.4, 0.5) is 11.5 Å². The van der Waals surface area contributed by atoms with Crippen LogP contribution in [0.15, 0.2) is 30.9 Å². The lowest BCUT2D eigenvalue weighted by Crippen LogP contribution is -2.17. The molecular formula is C17H17ClN6O3. The Morgan fingerprint density at radius 3 is 3.00 bits per heavy atom. The molecule has 1 aliphatic rings. The zero-order valence-corrected chi connectivity index (χ0v) is 15.1. The average molecular weight is 389 g/mol. The van der Waals surface area contributed by atoms with Crippen LogP contribution < -0.4 is 5.32 Å². The van der Waals surface area contributed by atoms with Gasteiger partial charge in [0.2, 0.25) is 0 Å². The Bertz CT molecular complexity index is 986. The lowest BCUT2D eigenvalue weighted by Gasteiger charge is -2.23. The van der Waals surface area contributed by atoms with Crippen molar-refractivity contribution in [3.05, 3.63) is 51.6 Å². The Morgan fingerprint density at radius 1 is 1.33 bits per heavy atom. The summed E-state index contributed by atoms with van der Waals surface area (Å²) in [6, 6.07) is 4.34. The molecule has 9 nitrogen and oxygen atoms in total. The molecule has 1 unspecified atom stereocenters. The van der Waals surface area contributed by atoms with Gasteiger partial charge in [0.05, 0.1) is 11.3 Å². The van der Waals surface area contributed by atoms with E-state index >= 15 is 0 Å². The van der Waals surface area contributed by atoms with Crippen LogP contribution in [0.3, 0.4) is 0 Å². The van der Waals surface area contributed by atoms with E-state index in [0.29, 0.717) is 27.6 Å². The molecule has 0 bridgehead atoms. The number of nitrogens with zero attached hydrogens (tertiary/aromatic N) is 5. The van der Waals surface area contributed by atoms with Crippen LogP contribution in [-0.4, -0.2) is 31.0 Å². The summed E-state index contributed by atoms with van der Waals surface area (Å²) in [7, 11) is 0. The number of aromatic nitrogens is 4. The first-order valence-electron chi connectivity index (χ1n) is 8.59. The van der Waals surface area contributed by atoms with Crippen molar-refractivity contribution >= 4 is 34.3 Å². The quantitative estimate of drug-likeness (QED) is 0.524. The summed E-state index contributed by atoms with van der Waals surface area (Å²) in [5, 5.41) is 14.6. The maximum Gasteiger partial charge on any atom is 0.269 e. The minimum Gasteiger partial charge on any atom is -0.364 e. The maximum atomic E-state index is 11.0. The van der Waals surface area contributed by atoms with Gasteiger partial charge in [-0.25, -0.2) is 15.0 Å². The van der Waals surface area contributed by atoms with E-state index in [1.165, 1.54) is 24.5 Å². The molecule has 27 heavy (non-hydrogen) atoms. The Kier molecular flexibility index (Phi) is 4.87. The summed E-state index contributed by atoms with van der Waals surface area (Å²) >= 11 is 6.16. The van der Waals surface area contributed by atoms with Crippen LogP contribution in [0.25, 0.3) is 11.2 Å². The molecular weight excluding hydrogens is 372 g/mol. The molecule has 140 valence electrons. The first kappa shape index (κ1) is 17.6. The number of fused-ring (bicyclic) bond motifs is 1. The zero-order chi connectivity index (χ0) is 18.8. The van der Waals surface area contributed by atoms with E-state index in [4.69, 9.17) is 16.3 Å². The molecule has 10 heteroatoms. The highest BCUT2D eigenvalue weighted by Gasteiger charge is 2.20. The smallest absolute Gasteiger partial charge is 0.269 e. The molecule has 3 heterocycles. The third kappa shape index (κ3) is 3.56. The Labute approximate surface area is 159 Å². The number of nitro benzene ring substituents is 1. The van der Waals surface area contributed by atoms with Crippen molar-refractivity contribution in [2.24, 2.45) is 0 Å². The average Bonchev–Trinajstić information content (AvgIpc) is 3.12. The van der Waals surface area contributed by atoms with Crippen molar-refractivity contribution in [3.63, 3.8) is 0 Å². The van der Waals surface area contributed by atoms with Gasteiger partial charge in [-0.05, 0) is 30.9 Å². The number of rotatable bonds is 5. The summed E-state index contributed by atoms with van der Waals surface area (Å²) in [5.74, 6) is 0.539. The third-order valence-corrected chi connectivity index (χ3v) is 4.88. The Morgan fingerprint density at radius 2 is 2.22 bits per heavy atom. The van der Waals surface area contributed by atoms with E-state index in [1.54, 1.807) is 6.33 Å². The van der Waals surface area contributed by atoms with Crippen molar-refractivity contribution < 1.29 is 9.66 Å². The second-order valence-corrected chi connectivity index (χ2v) is 6.66. The van der Waals surface area contributed by atoms with E-state index in [-0.39, 0.29) is 18.5 Å². The van der Waals surface area contributed by atoms with Gasteiger partial charge < -0.3 is 10.1 Å². The van der Waals surface area contributed by atoms with Gasteiger partial charge in [-0.15, -0.1) is 0 Å². The van der Waals surface area contributed by atoms with Gasteiger partial charge in [0, 0.05) is 30.3 Å². The number of benzene rings is 1. The first-order chi connectivity index (χ1) is 13.1. The third-order valence-electron chi connectivity index (χ3n) is 4.51. The fourth-order valence-electron chi connectivity index (χ4n) is 3.12. The van der Waals surface area contributed by atoms with Crippen molar-refractivity contribution in [1.82, 2.24) is 19.5 Å². The molecule has 0 radical (unpaired) electrons. The predicted molar refractivity (Wildman–Crippen MR) is 99.6 cm³/mol. The molecule has 1 aliphatic heterocycles. The fraction of sp³-hybridized carbons (Fsp3) is 0.353. The molecule has 0 saturated carbocycles. The number of nitro groups is 1. The molecule has 1 saturated heterocycles. The zero-order valence-electron chi connectivity index (χ0n) is 14.3. The van der Waals surface area contributed by atoms with Gasteiger partial charge in [-0.2, -0.15) is 0 Å². The van der Waals surface area contributed by atoms with Crippen LogP contribution in [0.2, 0.25) is 5.02 Å². The largest absolute Gasteiger partial charge is 0.364 e. The van der Waals surface area contributed by atoms with Gasteiger partial charge in [0.1, 0.15) is 12.6 Å². The van der Waals surface area contributed by atoms with E-state index < -0.39 is 4.92 Å². The molecule has 2 aromatic heterocycles. The molecule has 3 aromatic rings. The first-order valence-corrected chi connectivity index (χ1v) is 8.97. The normalized spacial score (nSPS) is 17.1. The highest BCUT2D eigenvalue weighted by molar-refractivity contribution is 6.31. The van der Waals surface area contributed by atoms with E-state index in [2.05, 4.69) is 20.3 Å². The molecule has 4 rings (SSSR count). The fourth-order valence-corrected chi connectivity index (χ4v) is 3.31. The summed E-state index contributed by atoms with van der Waals surface area (Å²) in [4.78, 5) is 23.5. The molecule has 1 fully saturated rings. The Balaban J connectivity index is 1.59. The monoisotopic (exact) mass is 388 g/mol. The predicted octanol–water partition coefficient (Wildman–Crippen LogP) is 3.70. The summed E-state index contributed by atoms with van der Waals surface area (Å²) in [6.07, 6.45) is 6.18. The highest BCUT2D eigenvalue weighted by Crippen LogP contribution is 2.28. The van der Waals surface area contributed by atoms with Crippen LogP contribution in [0.1, 0.15) is 31.1 Å². The van der Waals surface area contributed by atoms with Gasteiger partial charge in [-0.3, -0.25) is 14.7 Å². The van der Waals surface area contributed by atoms with E-state index in [9.17, 15) is 10.1 Å². The number of hydrogen-bond acceptors (Lipinski definition) is 7. The lowest BCUT2D eigenvalue weighted by atomic mass is 10.2. The number of halogens is 1. The number of nitrogens with one attached hydrogen (secondary N) is 1. The molecule has 0 amide bonds. The SMILES string of the molecule is O=[N+]([O-])c1ccc(Cl)c(CNc2ncnc3c2ncn3C2CCCCO2)c1. The minimum absolute atomic E-state index is 0.0113. The maximum absolute atomic E-state index is 11.0. The lowest BCUT2D eigenvalue weighted by molar-refractivity contribution is -0.384. The molecule has 0 spiro atoms. The minimum atomic E-state index is -0.450. The summed E-state index contributed by atoms with van der Waals surface area (Å²) in [5.41, 5.74) is 1.90. The van der Waals surface area contributed by atoms with Crippen molar-refractivity contribution in [3.8, 4) is 0 Å². The molecule has 0 aliphatic carbocycles. The van der Waals surface area contributed by atoms with Crippen LogP contribution in [-0.2, 0) is 11.3 Å². The van der Waals surface area contributed by atoms with Crippen LogP contribution in [0, 0.1) is 10.1 Å². The Hall–Kier alpha value is -2.78. The number of ether oxygens (including phenoxy) is 1. The van der Waals surface area contributed by atoms with Gasteiger partial charge >= 0.3 is 0 Å². The molecule has 1 atom stereocenters. The molecule has 1 aromatic carbocycles.